The molecule has 0 amide bonds. The van der Waals surface area contributed by atoms with E-state index in [4.69, 9.17) is 28.4 Å². The van der Waals surface area contributed by atoms with Crippen LogP contribution in [-0.2, 0) is 18.9 Å². The molecule has 14 heteroatoms. The molecule has 0 bridgehead atoms. The largest absolute Gasteiger partial charge is 0.513 e. The van der Waals surface area contributed by atoms with Gasteiger partial charge in [0, 0.05) is 30.7 Å². The van der Waals surface area contributed by atoms with Gasteiger partial charge in [0.25, 0.3) is 11.4 Å². The number of carbonyl (C=O) groups is 2. The molecular formula is C26H32N2O12. The van der Waals surface area contributed by atoms with E-state index < -0.39 is 33.4 Å². The van der Waals surface area contributed by atoms with Crippen molar-refractivity contribution in [2.45, 2.75) is 51.7 Å². The highest BCUT2D eigenvalue weighted by Gasteiger charge is 2.24. The zero-order valence-electron chi connectivity index (χ0n) is 22.7. The third-order valence-corrected chi connectivity index (χ3v) is 5.41. The molecule has 0 fully saturated rings. The lowest BCUT2D eigenvalue weighted by Crippen LogP contribution is -2.32. The highest BCUT2D eigenvalue weighted by Crippen LogP contribution is 2.21. The topological polar surface area (TPSA) is 176 Å². The van der Waals surface area contributed by atoms with Gasteiger partial charge in [-0.25, -0.2) is 9.59 Å². The predicted octanol–water partition coefficient (Wildman–Crippen LogP) is 5.60. The minimum atomic E-state index is -0.959. The Kier molecular flexibility index (Phi) is 11.8. The van der Waals surface area contributed by atoms with Gasteiger partial charge in [-0.05, 0) is 58.4 Å². The number of rotatable bonds is 15. The monoisotopic (exact) mass is 564 g/mol. The summed E-state index contributed by atoms with van der Waals surface area (Å²) in [5, 5.41) is 21.3. The first-order valence-electron chi connectivity index (χ1n) is 12.2. The molecule has 2 aromatic rings. The Bertz CT molecular complexity index is 1150. The average Bonchev–Trinajstić information content (AvgIpc) is 2.87. The Morgan fingerprint density at radius 2 is 1.00 bits per heavy atom. The van der Waals surface area contributed by atoms with Gasteiger partial charge < -0.3 is 28.4 Å². The van der Waals surface area contributed by atoms with Crippen LogP contribution in [0.25, 0.3) is 0 Å². The van der Waals surface area contributed by atoms with Crippen LogP contribution in [0.2, 0.25) is 0 Å². The number of hydrogen-bond acceptors (Lipinski definition) is 12. The summed E-state index contributed by atoms with van der Waals surface area (Å²) in [5.41, 5.74) is -1.46. The third kappa shape index (κ3) is 12.0. The third-order valence-electron chi connectivity index (χ3n) is 5.41. The highest BCUT2D eigenvalue weighted by molar-refractivity contribution is 5.64. The van der Waals surface area contributed by atoms with Gasteiger partial charge in [-0.1, -0.05) is 0 Å². The molecule has 218 valence electrons. The van der Waals surface area contributed by atoms with E-state index in [0.717, 1.165) is 0 Å². The van der Waals surface area contributed by atoms with Crippen molar-refractivity contribution in [2.24, 2.45) is 0 Å². The van der Waals surface area contributed by atoms with Crippen molar-refractivity contribution in [3.63, 3.8) is 0 Å². The molecule has 0 atom stereocenters. The van der Waals surface area contributed by atoms with E-state index >= 15 is 0 Å². The zero-order chi connectivity index (χ0) is 29.8. The molecule has 0 saturated carbocycles. The molecule has 40 heavy (non-hydrogen) atoms. The Hall–Kier alpha value is -4.30. The molecule has 0 unspecified atom stereocenters. The van der Waals surface area contributed by atoms with Crippen LogP contribution in [0.1, 0.15) is 40.5 Å². The molecule has 2 rings (SSSR count). The van der Waals surface area contributed by atoms with Gasteiger partial charge in [0.05, 0.1) is 40.9 Å². The number of benzene rings is 2. The van der Waals surface area contributed by atoms with Gasteiger partial charge in [-0.3, -0.25) is 20.2 Å². The minimum absolute atomic E-state index is 0.0337. The molecule has 0 spiro atoms. The van der Waals surface area contributed by atoms with Crippen LogP contribution in [0.4, 0.5) is 21.0 Å². The molecule has 0 radical (unpaired) electrons. The van der Waals surface area contributed by atoms with Crippen LogP contribution in [0.3, 0.4) is 0 Å². The summed E-state index contributed by atoms with van der Waals surface area (Å²) in [6.45, 7) is 7.83. The highest BCUT2D eigenvalue weighted by atomic mass is 16.7. The summed E-state index contributed by atoms with van der Waals surface area (Å²) in [6, 6.07) is 10.0. The van der Waals surface area contributed by atoms with Crippen molar-refractivity contribution in [1.82, 2.24) is 0 Å². The number of nitro benzene ring substituents is 2. The Balaban J connectivity index is 1.60. The Morgan fingerprint density at radius 1 is 0.625 bits per heavy atom. The van der Waals surface area contributed by atoms with Crippen LogP contribution in [0.5, 0.6) is 11.5 Å². The van der Waals surface area contributed by atoms with Crippen molar-refractivity contribution in [2.75, 3.05) is 26.4 Å². The number of ether oxygens (including phenoxy) is 6. The molecular weight excluding hydrogens is 532 g/mol. The van der Waals surface area contributed by atoms with Gasteiger partial charge in [0.1, 0.15) is 18.1 Å². The first-order chi connectivity index (χ1) is 18.8. The second-order valence-corrected chi connectivity index (χ2v) is 9.62. The van der Waals surface area contributed by atoms with E-state index in [1.807, 2.05) is 27.7 Å². The minimum Gasteiger partial charge on any atom is -0.434 e. The van der Waals surface area contributed by atoms with Gasteiger partial charge >= 0.3 is 12.3 Å². The summed E-state index contributed by atoms with van der Waals surface area (Å²) < 4.78 is 31.6. The number of carbonyl (C=O) groups excluding carboxylic acids is 2. The van der Waals surface area contributed by atoms with E-state index in [9.17, 15) is 29.8 Å². The van der Waals surface area contributed by atoms with Crippen LogP contribution in [-0.4, -0.2) is 59.8 Å². The fraction of sp³-hybridized carbons (Fsp3) is 0.462. The molecule has 0 aliphatic carbocycles. The van der Waals surface area contributed by atoms with Crippen molar-refractivity contribution < 1.29 is 47.9 Å². The lowest BCUT2D eigenvalue weighted by Gasteiger charge is -2.29. The molecule has 0 aromatic heterocycles. The molecule has 2 aromatic carbocycles. The number of non-ortho nitro benzene ring substituents is 2. The summed E-state index contributed by atoms with van der Waals surface area (Å²) in [5.74, 6) is 0.239. The van der Waals surface area contributed by atoms with Crippen molar-refractivity contribution in [1.29, 1.82) is 0 Å². The SMILES string of the molecule is CC(C)(CCOC(=O)Oc1ccc([N+](=O)[O-])cc1)OCCC(C)(C)OCCOC(=O)Oc1ccc([N+](=O)[O-])cc1. The first kappa shape index (κ1) is 31.9. The summed E-state index contributed by atoms with van der Waals surface area (Å²) in [6.07, 6.45) is -0.988. The number of hydrogen-bond donors (Lipinski definition) is 0. The first-order valence-corrected chi connectivity index (χ1v) is 12.2. The van der Waals surface area contributed by atoms with E-state index in [1.54, 1.807) is 0 Å². The number of nitro groups is 2. The smallest absolute Gasteiger partial charge is 0.434 e. The number of nitrogens with zero attached hydrogens (tertiary/aromatic N) is 2. The summed E-state index contributed by atoms with van der Waals surface area (Å²) in [4.78, 5) is 43.9. The molecule has 0 saturated heterocycles. The molecule has 0 heterocycles. The quantitative estimate of drug-likeness (QED) is 0.0861. The fourth-order valence-electron chi connectivity index (χ4n) is 3.06. The normalized spacial score (nSPS) is 11.4. The lowest BCUT2D eigenvalue weighted by atomic mass is 10.0. The zero-order valence-corrected chi connectivity index (χ0v) is 22.7. The van der Waals surface area contributed by atoms with E-state index in [-0.39, 0.29) is 42.7 Å². The van der Waals surface area contributed by atoms with E-state index in [1.165, 1.54) is 48.5 Å². The van der Waals surface area contributed by atoms with Crippen molar-refractivity contribution >= 4 is 23.7 Å². The maximum atomic E-state index is 11.9. The fourth-order valence-corrected chi connectivity index (χ4v) is 3.06. The van der Waals surface area contributed by atoms with Gasteiger partial charge in [-0.15, -0.1) is 0 Å². The standard InChI is InChI=1S/C26H32N2O12/c1-25(2,13-15-35-23(29)39-21-9-5-19(6-10-21)27(31)32)37-16-14-26(3,4)38-18-17-36-24(30)40-22-11-7-20(8-12-22)28(33)34/h5-12H,13-18H2,1-4H3. The van der Waals surface area contributed by atoms with Crippen LogP contribution in [0, 0.1) is 20.2 Å². The molecule has 0 N–H and O–H groups in total. The second kappa shape index (κ2) is 14.7. The van der Waals surface area contributed by atoms with Crippen LogP contribution < -0.4 is 9.47 Å². The maximum absolute atomic E-state index is 11.9. The molecule has 0 aliphatic rings. The van der Waals surface area contributed by atoms with Crippen molar-refractivity contribution in [3.8, 4) is 11.5 Å². The summed E-state index contributed by atoms with van der Waals surface area (Å²) >= 11 is 0. The second-order valence-electron chi connectivity index (χ2n) is 9.62. The van der Waals surface area contributed by atoms with Crippen LogP contribution in [0.15, 0.2) is 48.5 Å². The molecule has 14 nitrogen and oxygen atoms in total. The Morgan fingerprint density at radius 3 is 1.43 bits per heavy atom. The van der Waals surface area contributed by atoms with Crippen molar-refractivity contribution in [3.05, 3.63) is 68.8 Å². The average molecular weight is 565 g/mol. The van der Waals surface area contributed by atoms with Gasteiger partial charge in [-0.2, -0.15) is 0 Å². The lowest BCUT2D eigenvalue weighted by molar-refractivity contribution is -0.385. The maximum Gasteiger partial charge on any atom is 0.513 e. The van der Waals surface area contributed by atoms with Crippen LogP contribution >= 0.6 is 0 Å². The van der Waals surface area contributed by atoms with E-state index in [0.29, 0.717) is 19.4 Å². The van der Waals surface area contributed by atoms with Gasteiger partial charge in [0.2, 0.25) is 0 Å². The summed E-state index contributed by atoms with van der Waals surface area (Å²) in [7, 11) is 0. The predicted molar refractivity (Wildman–Crippen MR) is 139 cm³/mol. The Labute approximate surface area is 230 Å². The molecule has 0 aliphatic heterocycles. The van der Waals surface area contributed by atoms with Gasteiger partial charge in [0.15, 0.2) is 0 Å². The van der Waals surface area contributed by atoms with E-state index in [2.05, 4.69) is 0 Å².